The Bertz CT molecular complexity index is 631. The molecule has 0 bridgehead atoms. The molecule has 0 spiro atoms. The van der Waals surface area contributed by atoms with Crippen molar-refractivity contribution < 1.29 is 4.79 Å². The molecular formula is C13H12Cl3N3O. The summed E-state index contributed by atoms with van der Waals surface area (Å²) >= 11 is 18.2. The predicted molar refractivity (Wildman–Crippen MR) is 80.7 cm³/mol. The maximum absolute atomic E-state index is 11.3. The average molecular weight is 333 g/mol. The number of primary amides is 1. The van der Waals surface area contributed by atoms with Crippen molar-refractivity contribution >= 4 is 40.7 Å². The van der Waals surface area contributed by atoms with Crippen LogP contribution in [0.4, 0.5) is 0 Å². The summed E-state index contributed by atoms with van der Waals surface area (Å²) in [6.07, 6.45) is 2.01. The number of nitrogens with two attached hydrogens (primary N) is 1. The van der Waals surface area contributed by atoms with Crippen molar-refractivity contribution in [3.05, 3.63) is 50.2 Å². The highest BCUT2D eigenvalue weighted by atomic mass is 35.5. The summed E-state index contributed by atoms with van der Waals surface area (Å²) < 4.78 is 0. The summed E-state index contributed by atoms with van der Waals surface area (Å²) in [5.74, 6) is -0.589. The first kappa shape index (κ1) is 15.2. The minimum Gasteiger partial charge on any atom is -0.365 e. The molecule has 1 heterocycles. The summed E-state index contributed by atoms with van der Waals surface area (Å²) in [5.41, 5.74) is 7.04. The quantitative estimate of drug-likeness (QED) is 0.893. The van der Waals surface area contributed by atoms with E-state index in [9.17, 15) is 4.79 Å². The molecule has 0 saturated carbocycles. The second-order valence-electron chi connectivity index (χ2n) is 4.50. The van der Waals surface area contributed by atoms with Crippen LogP contribution in [-0.4, -0.2) is 16.1 Å². The number of H-pyrrole nitrogens is 1. The van der Waals surface area contributed by atoms with E-state index >= 15 is 0 Å². The number of nitrogens with zero attached hydrogens (tertiary/aromatic N) is 1. The zero-order valence-corrected chi connectivity index (χ0v) is 12.9. The Balaban J connectivity index is 2.30. The van der Waals surface area contributed by atoms with Crippen LogP contribution in [0.2, 0.25) is 15.1 Å². The molecule has 0 saturated heterocycles. The van der Waals surface area contributed by atoms with Crippen molar-refractivity contribution in [2.24, 2.45) is 5.73 Å². The molecule has 1 amide bonds. The van der Waals surface area contributed by atoms with Gasteiger partial charge in [-0.05, 0) is 24.1 Å². The normalized spacial score (nSPS) is 12.4. The van der Waals surface area contributed by atoms with Crippen molar-refractivity contribution in [3.63, 3.8) is 0 Å². The molecular weight excluding hydrogens is 321 g/mol. The van der Waals surface area contributed by atoms with Crippen LogP contribution in [-0.2, 0) is 6.42 Å². The lowest BCUT2D eigenvalue weighted by Crippen LogP contribution is -2.14. The highest BCUT2D eigenvalue weighted by molar-refractivity contribution is 6.39. The van der Waals surface area contributed by atoms with Gasteiger partial charge >= 0.3 is 0 Å². The van der Waals surface area contributed by atoms with E-state index in [1.165, 1.54) is 6.20 Å². The number of amides is 1. The van der Waals surface area contributed by atoms with Gasteiger partial charge in [-0.2, -0.15) is 5.10 Å². The Morgan fingerprint density at radius 1 is 1.35 bits per heavy atom. The van der Waals surface area contributed by atoms with Gasteiger partial charge in [0.05, 0.1) is 11.3 Å². The minimum absolute atomic E-state index is 0.0695. The van der Waals surface area contributed by atoms with Gasteiger partial charge in [0.1, 0.15) is 0 Å². The van der Waals surface area contributed by atoms with Crippen molar-refractivity contribution in [2.45, 2.75) is 19.3 Å². The summed E-state index contributed by atoms with van der Waals surface area (Å²) in [6, 6.07) is 3.27. The van der Waals surface area contributed by atoms with Gasteiger partial charge in [0, 0.05) is 27.2 Å². The summed E-state index contributed by atoms with van der Waals surface area (Å²) in [6.45, 7) is 1.92. The number of aromatic nitrogens is 2. The maximum atomic E-state index is 11.3. The number of aromatic amines is 1. The van der Waals surface area contributed by atoms with E-state index in [1.807, 2.05) is 6.92 Å². The largest absolute Gasteiger partial charge is 0.365 e. The van der Waals surface area contributed by atoms with Gasteiger partial charge in [0.2, 0.25) is 0 Å². The second-order valence-corrected chi connectivity index (χ2v) is 5.75. The Hall–Kier alpha value is -1.23. The molecule has 7 heteroatoms. The van der Waals surface area contributed by atoms with Crippen LogP contribution in [0.5, 0.6) is 0 Å². The minimum atomic E-state index is -0.520. The number of carbonyl (C=O) groups excluding carboxylic acids is 1. The zero-order valence-electron chi connectivity index (χ0n) is 10.6. The lowest BCUT2D eigenvalue weighted by atomic mass is 9.95. The average Bonchev–Trinajstić information content (AvgIpc) is 2.82. The van der Waals surface area contributed by atoms with Crippen molar-refractivity contribution in [2.75, 3.05) is 0 Å². The fourth-order valence-electron chi connectivity index (χ4n) is 2.04. The van der Waals surface area contributed by atoms with Crippen molar-refractivity contribution in [3.8, 4) is 0 Å². The third-order valence-electron chi connectivity index (χ3n) is 3.02. The molecule has 1 atom stereocenters. The fraction of sp³-hybridized carbons (Fsp3) is 0.231. The number of hydrogen-bond donors (Lipinski definition) is 2. The Kier molecular flexibility index (Phi) is 4.58. The lowest BCUT2D eigenvalue weighted by Gasteiger charge is -2.13. The van der Waals surface area contributed by atoms with Gasteiger partial charge < -0.3 is 5.73 Å². The van der Waals surface area contributed by atoms with E-state index in [2.05, 4.69) is 10.2 Å². The molecule has 1 aromatic carbocycles. The first-order valence-electron chi connectivity index (χ1n) is 5.87. The number of nitrogens with one attached hydrogen (secondary N) is 1. The molecule has 0 aliphatic heterocycles. The molecule has 0 fully saturated rings. The van der Waals surface area contributed by atoms with Crippen LogP contribution in [0.1, 0.15) is 34.5 Å². The third-order valence-corrected chi connectivity index (χ3v) is 3.91. The van der Waals surface area contributed by atoms with Gasteiger partial charge in [0.15, 0.2) is 0 Å². The fourth-order valence-corrected chi connectivity index (χ4v) is 3.01. The van der Waals surface area contributed by atoms with E-state index in [0.29, 0.717) is 32.7 Å². The summed E-state index contributed by atoms with van der Waals surface area (Å²) in [7, 11) is 0. The second kappa shape index (κ2) is 6.04. The standard InChI is InChI=1S/C13H12Cl3N3O/c1-6(12-9(13(17)20)5-18-19-12)2-8-10(15)3-7(14)4-11(8)16/h3-6H,2H2,1H3,(H2,17,20)(H,18,19)/t6-/m1/s1. The number of benzene rings is 1. The Labute approximate surface area is 131 Å². The summed E-state index contributed by atoms with van der Waals surface area (Å²) in [5, 5.41) is 8.18. The third kappa shape index (κ3) is 3.08. The van der Waals surface area contributed by atoms with Gasteiger partial charge in [-0.1, -0.05) is 41.7 Å². The number of rotatable bonds is 4. The molecule has 106 valence electrons. The highest BCUT2D eigenvalue weighted by Gasteiger charge is 2.20. The van der Waals surface area contributed by atoms with E-state index in [-0.39, 0.29) is 5.92 Å². The Morgan fingerprint density at radius 2 is 1.95 bits per heavy atom. The molecule has 2 aromatic rings. The van der Waals surface area contributed by atoms with Gasteiger partial charge in [-0.3, -0.25) is 9.89 Å². The Morgan fingerprint density at radius 3 is 2.50 bits per heavy atom. The van der Waals surface area contributed by atoms with Crippen LogP contribution in [0.15, 0.2) is 18.3 Å². The van der Waals surface area contributed by atoms with Crippen molar-refractivity contribution in [1.82, 2.24) is 10.2 Å². The van der Waals surface area contributed by atoms with Crippen LogP contribution in [0, 0.1) is 0 Å². The first-order valence-corrected chi connectivity index (χ1v) is 7.00. The highest BCUT2D eigenvalue weighted by Crippen LogP contribution is 2.33. The maximum Gasteiger partial charge on any atom is 0.252 e. The molecule has 4 nitrogen and oxygen atoms in total. The van der Waals surface area contributed by atoms with Crippen LogP contribution in [0.25, 0.3) is 0 Å². The smallest absolute Gasteiger partial charge is 0.252 e. The molecule has 20 heavy (non-hydrogen) atoms. The van der Waals surface area contributed by atoms with Gasteiger partial charge in [-0.25, -0.2) is 0 Å². The molecule has 1 aromatic heterocycles. The predicted octanol–water partition coefficient (Wildman–Crippen LogP) is 3.82. The molecule has 0 aliphatic carbocycles. The molecule has 0 radical (unpaired) electrons. The molecule has 0 unspecified atom stereocenters. The van der Waals surface area contributed by atoms with E-state index in [0.717, 1.165) is 5.56 Å². The number of carbonyl (C=O) groups is 1. The number of halogens is 3. The number of hydrogen-bond acceptors (Lipinski definition) is 2. The first-order chi connectivity index (χ1) is 9.40. The molecule has 0 aliphatic rings. The van der Waals surface area contributed by atoms with Crippen molar-refractivity contribution in [1.29, 1.82) is 0 Å². The van der Waals surface area contributed by atoms with E-state index < -0.39 is 5.91 Å². The van der Waals surface area contributed by atoms with Crippen LogP contribution >= 0.6 is 34.8 Å². The van der Waals surface area contributed by atoms with E-state index in [1.54, 1.807) is 12.1 Å². The SMILES string of the molecule is C[C@H](Cc1c(Cl)cc(Cl)cc1Cl)c1n[nH]cc1C(N)=O. The van der Waals surface area contributed by atoms with Gasteiger partial charge in [-0.15, -0.1) is 0 Å². The van der Waals surface area contributed by atoms with Crippen LogP contribution in [0.3, 0.4) is 0 Å². The molecule has 2 rings (SSSR count). The lowest BCUT2D eigenvalue weighted by molar-refractivity contribution is 0.0999. The monoisotopic (exact) mass is 331 g/mol. The molecule has 3 N–H and O–H groups in total. The topological polar surface area (TPSA) is 71.8 Å². The van der Waals surface area contributed by atoms with Crippen LogP contribution < -0.4 is 5.73 Å². The zero-order chi connectivity index (χ0) is 14.9. The van der Waals surface area contributed by atoms with Gasteiger partial charge in [0.25, 0.3) is 5.91 Å². The summed E-state index contributed by atoms with van der Waals surface area (Å²) in [4.78, 5) is 11.3. The van der Waals surface area contributed by atoms with E-state index in [4.69, 9.17) is 40.5 Å².